The molecule has 0 saturated carbocycles. The Morgan fingerprint density at radius 2 is 2.08 bits per heavy atom. The first-order valence-electron chi connectivity index (χ1n) is 7.94. The molecular weight excluding hydrogens is 322 g/mol. The van der Waals surface area contributed by atoms with Crippen LogP contribution in [0.4, 0.5) is 5.82 Å². The van der Waals surface area contributed by atoms with Crippen molar-refractivity contribution in [1.82, 2.24) is 9.78 Å². The van der Waals surface area contributed by atoms with E-state index in [2.05, 4.69) is 11.4 Å². The average molecular weight is 340 g/mol. The van der Waals surface area contributed by atoms with Crippen LogP contribution < -0.4 is 10.1 Å². The fourth-order valence-electron chi connectivity index (χ4n) is 3.08. The van der Waals surface area contributed by atoms with Crippen LogP contribution in [0.15, 0.2) is 42.5 Å². The molecule has 4 rings (SSSR count). The Morgan fingerprint density at radius 3 is 2.88 bits per heavy atom. The van der Waals surface area contributed by atoms with Gasteiger partial charge in [0.15, 0.2) is 0 Å². The molecular formula is C19H18ClN3O. The summed E-state index contributed by atoms with van der Waals surface area (Å²) in [6.07, 6.45) is 0.960. The lowest BCUT2D eigenvalue weighted by Crippen LogP contribution is -2.04. The van der Waals surface area contributed by atoms with Crippen molar-refractivity contribution < 1.29 is 4.74 Å². The number of aromatic nitrogens is 2. The highest BCUT2D eigenvalue weighted by atomic mass is 35.5. The lowest BCUT2D eigenvalue weighted by atomic mass is 10.1. The lowest BCUT2D eigenvalue weighted by Gasteiger charge is -2.08. The largest absolute Gasteiger partial charge is 0.497 e. The van der Waals surface area contributed by atoms with Crippen molar-refractivity contribution in [2.45, 2.75) is 13.3 Å². The summed E-state index contributed by atoms with van der Waals surface area (Å²) in [4.78, 5) is 0. The summed E-state index contributed by atoms with van der Waals surface area (Å²) in [5.41, 5.74) is 5.31. The first-order chi connectivity index (χ1) is 11.7. The molecule has 4 nitrogen and oxygen atoms in total. The van der Waals surface area contributed by atoms with Gasteiger partial charge in [0.05, 0.1) is 18.5 Å². The monoisotopic (exact) mass is 339 g/mol. The van der Waals surface area contributed by atoms with E-state index in [0.29, 0.717) is 0 Å². The van der Waals surface area contributed by atoms with Crippen LogP contribution >= 0.6 is 11.6 Å². The minimum Gasteiger partial charge on any atom is -0.497 e. The van der Waals surface area contributed by atoms with Crippen molar-refractivity contribution in [3.63, 3.8) is 0 Å². The molecule has 0 spiro atoms. The molecule has 0 amide bonds. The number of ether oxygens (including phenoxy) is 1. The maximum absolute atomic E-state index is 6.30. The maximum atomic E-state index is 6.30. The van der Waals surface area contributed by atoms with Crippen molar-refractivity contribution in [1.29, 1.82) is 0 Å². The van der Waals surface area contributed by atoms with Gasteiger partial charge in [0.25, 0.3) is 0 Å². The van der Waals surface area contributed by atoms with Crippen molar-refractivity contribution in [2.24, 2.45) is 0 Å². The summed E-state index contributed by atoms with van der Waals surface area (Å²) in [7, 11) is 1.68. The normalized spacial score (nSPS) is 12.8. The van der Waals surface area contributed by atoms with Crippen LogP contribution in [0.2, 0.25) is 5.02 Å². The Kier molecular flexibility index (Phi) is 3.69. The van der Waals surface area contributed by atoms with E-state index in [1.807, 2.05) is 48.0 Å². The summed E-state index contributed by atoms with van der Waals surface area (Å²) in [5, 5.41) is 9.05. The first-order valence-corrected chi connectivity index (χ1v) is 8.32. The standard InChI is InChI=1S/C19H18ClN3O/c1-12-6-7-14(11-17(12)20)23-19-16(8-9-21-19)18(22-23)13-4-3-5-15(10-13)24-2/h3-7,10-11,21H,8-9H2,1-2H3. The van der Waals surface area contributed by atoms with E-state index >= 15 is 0 Å². The summed E-state index contributed by atoms with van der Waals surface area (Å²) >= 11 is 6.30. The van der Waals surface area contributed by atoms with Gasteiger partial charge < -0.3 is 10.1 Å². The third-order valence-corrected chi connectivity index (χ3v) is 4.80. The highest BCUT2D eigenvalue weighted by molar-refractivity contribution is 6.31. The fraction of sp³-hybridized carbons (Fsp3) is 0.211. The Balaban J connectivity index is 1.87. The molecule has 1 aliphatic heterocycles. The minimum absolute atomic E-state index is 0.748. The first kappa shape index (κ1) is 15.1. The molecule has 122 valence electrons. The summed E-state index contributed by atoms with van der Waals surface area (Å²) < 4.78 is 7.30. The average Bonchev–Trinajstić information content (AvgIpc) is 3.20. The molecule has 1 aromatic heterocycles. The van der Waals surface area contributed by atoms with Gasteiger partial charge in [-0.15, -0.1) is 0 Å². The third-order valence-electron chi connectivity index (χ3n) is 4.39. The van der Waals surface area contributed by atoms with E-state index in [1.54, 1.807) is 7.11 Å². The predicted octanol–water partition coefficient (Wildman–Crippen LogP) is 4.48. The van der Waals surface area contributed by atoms with Gasteiger partial charge in [-0.1, -0.05) is 29.8 Å². The molecule has 0 bridgehead atoms. The van der Waals surface area contributed by atoms with Crippen LogP contribution in [0.25, 0.3) is 16.9 Å². The molecule has 0 fully saturated rings. The van der Waals surface area contributed by atoms with Gasteiger partial charge in [0, 0.05) is 22.7 Å². The van der Waals surface area contributed by atoms with Gasteiger partial charge in [0.2, 0.25) is 0 Å². The van der Waals surface area contributed by atoms with E-state index < -0.39 is 0 Å². The molecule has 3 aromatic rings. The number of fused-ring (bicyclic) bond motifs is 1. The summed E-state index contributed by atoms with van der Waals surface area (Å²) in [6, 6.07) is 14.0. The van der Waals surface area contributed by atoms with Gasteiger partial charge in [-0.2, -0.15) is 5.10 Å². The highest BCUT2D eigenvalue weighted by Crippen LogP contribution is 2.36. The van der Waals surface area contributed by atoms with E-state index in [0.717, 1.165) is 52.1 Å². The molecule has 24 heavy (non-hydrogen) atoms. The Bertz CT molecular complexity index is 917. The number of nitrogens with one attached hydrogen (secondary N) is 1. The molecule has 0 unspecified atom stereocenters. The molecule has 2 aromatic carbocycles. The minimum atomic E-state index is 0.748. The Labute approximate surface area is 146 Å². The van der Waals surface area contributed by atoms with Crippen LogP contribution in [0.3, 0.4) is 0 Å². The van der Waals surface area contributed by atoms with Gasteiger partial charge in [0.1, 0.15) is 11.6 Å². The van der Waals surface area contributed by atoms with Crippen LogP contribution in [-0.2, 0) is 6.42 Å². The van der Waals surface area contributed by atoms with Gasteiger partial charge in [-0.05, 0) is 43.2 Å². The number of benzene rings is 2. The van der Waals surface area contributed by atoms with Gasteiger partial charge in [-0.25, -0.2) is 4.68 Å². The number of anilines is 1. The Hall–Kier alpha value is -2.46. The Morgan fingerprint density at radius 1 is 1.21 bits per heavy atom. The van der Waals surface area contributed by atoms with Crippen LogP contribution in [0.5, 0.6) is 5.75 Å². The van der Waals surface area contributed by atoms with E-state index in [4.69, 9.17) is 21.4 Å². The molecule has 0 atom stereocenters. The zero-order valence-corrected chi connectivity index (χ0v) is 14.4. The SMILES string of the molecule is COc1cccc(-c2nn(-c3ccc(C)c(Cl)c3)c3c2CCN3)c1. The van der Waals surface area contributed by atoms with Crippen molar-refractivity contribution >= 4 is 17.4 Å². The summed E-state index contributed by atoms with van der Waals surface area (Å²) in [5.74, 6) is 1.88. The molecule has 5 heteroatoms. The second kappa shape index (κ2) is 5.87. The van der Waals surface area contributed by atoms with Crippen LogP contribution in [0, 0.1) is 6.92 Å². The molecule has 0 radical (unpaired) electrons. The van der Waals surface area contributed by atoms with Crippen molar-refractivity contribution in [2.75, 3.05) is 19.0 Å². The van der Waals surface area contributed by atoms with Crippen LogP contribution in [0.1, 0.15) is 11.1 Å². The third kappa shape index (κ3) is 2.43. The summed E-state index contributed by atoms with van der Waals surface area (Å²) in [6.45, 7) is 2.92. The molecule has 1 aliphatic rings. The number of aryl methyl sites for hydroxylation is 1. The maximum Gasteiger partial charge on any atom is 0.133 e. The zero-order valence-electron chi connectivity index (χ0n) is 13.6. The number of rotatable bonds is 3. The molecule has 0 aliphatic carbocycles. The second-order valence-corrected chi connectivity index (χ2v) is 6.34. The number of nitrogens with zero attached hydrogens (tertiary/aromatic N) is 2. The highest BCUT2D eigenvalue weighted by Gasteiger charge is 2.24. The second-order valence-electron chi connectivity index (χ2n) is 5.93. The van der Waals surface area contributed by atoms with Crippen molar-refractivity contribution in [3.8, 4) is 22.7 Å². The zero-order chi connectivity index (χ0) is 16.7. The molecule has 2 heterocycles. The molecule has 0 saturated heterocycles. The van der Waals surface area contributed by atoms with Crippen molar-refractivity contribution in [3.05, 3.63) is 58.6 Å². The topological polar surface area (TPSA) is 39.1 Å². The number of hydrogen-bond acceptors (Lipinski definition) is 3. The number of methoxy groups -OCH3 is 1. The number of hydrogen-bond donors (Lipinski definition) is 1. The smallest absolute Gasteiger partial charge is 0.133 e. The number of halogens is 1. The van der Waals surface area contributed by atoms with Gasteiger partial charge >= 0.3 is 0 Å². The fourth-order valence-corrected chi connectivity index (χ4v) is 3.25. The van der Waals surface area contributed by atoms with E-state index in [1.165, 1.54) is 5.56 Å². The lowest BCUT2D eigenvalue weighted by molar-refractivity contribution is 0.415. The molecule has 1 N–H and O–H groups in total. The predicted molar refractivity (Wildman–Crippen MR) is 97.5 cm³/mol. The van der Waals surface area contributed by atoms with Gasteiger partial charge in [-0.3, -0.25) is 0 Å². The quantitative estimate of drug-likeness (QED) is 0.764. The van der Waals surface area contributed by atoms with E-state index in [-0.39, 0.29) is 0 Å². The van der Waals surface area contributed by atoms with E-state index in [9.17, 15) is 0 Å². The van der Waals surface area contributed by atoms with Crippen LogP contribution in [-0.4, -0.2) is 23.4 Å².